The first kappa shape index (κ1) is 31.0. The number of carbonyl (C=O) groups excluding carboxylic acids is 2. The van der Waals surface area contributed by atoms with Gasteiger partial charge in [-0.15, -0.1) is 0 Å². The van der Waals surface area contributed by atoms with E-state index in [2.05, 4.69) is 49.7 Å². The molecule has 0 saturated carbocycles. The van der Waals surface area contributed by atoms with Crippen LogP contribution in [0.5, 0.6) is 0 Å². The van der Waals surface area contributed by atoms with Crippen molar-refractivity contribution >= 4 is 40.2 Å². The zero-order valence-corrected chi connectivity index (χ0v) is 24.6. The number of rotatable bonds is 13. The van der Waals surface area contributed by atoms with Crippen molar-refractivity contribution in [1.29, 1.82) is 0 Å². The maximum absolute atomic E-state index is 12.2. The number of fused-ring (bicyclic) bond motifs is 1. The average molecular weight is 557 g/mol. The van der Waals surface area contributed by atoms with Crippen molar-refractivity contribution in [1.82, 2.24) is 30.1 Å². The molecule has 0 fully saturated rings. The van der Waals surface area contributed by atoms with Crippen LogP contribution in [-0.4, -0.2) is 83.9 Å². The number of hydrogen-bond acceptors (Lipinski definition) is 8. The van der Waals surface area contributed by atoms with E-state index < -0.39 is 0 Å². The van der Waals surface area contributed by atoms with E-state index in [9.17, 15) is 9.59 Å². The van der Waals surface area contributed by atoms with Crippen molar-refractivity contribution in [2.24, 2.45) is 0 Å². The van der Waals surface area contributed by atoms with Crippen LogP contribution < -0.4 is 16.0 Å². The van der Waals surface area contributed by atoms with E-state index in [-0.39, 0.29) is 18.4 Å². The second kappa shape index (κ2) is 15.9. The van der Waals surface area contributed by atoms with Crippen molar-refractivity contribution in [3.63, 3.8) is 0 Å². The van der Waals surface area contributed by atoms with Gasteiger partial charge in [-0.3, -0.25) is 14.6 Å². The molecule has 0 unspecified atom stereocenters. The quantitative estimate of drug-likeness (QED) is 0.166. The fourth-order valence-corrected chi connectivity index (χ4v) is 3.75. The zero-order chi connectivity index (χ0) is 29.6. The van der Waals surface area contributed by atoms with E-state index >= 15 is 0 Å². The summed E-state index contributed by atoms with van der Waals surface area (Å²) in [5, 5.41) is 10.5. The molecule has 3 rings (SSSR count). The number of carbonyl (C=O) groups is 2. The summed E-state index contributed by atoms with van der Waals surface area (Å²) < 4.78 is 0. The van der Waals surface area contributed by atoms with Gasteiger partial charge in [0.1, 0.15) is 5.82 Å². The highest BCUT2D eigenvalue weighted by atomic mass is 16.2. The summed E-state index contributed by atoms with van der Waals surface area (Å²) in [5.41, 5.74) is 3.52. The summed E-state index contributed by atoms with van der Waals surface area (Å²) in [4.78, 5) is 41.3. The largest absolute Gasteiger partial charge is 0.369 e. The van der Waals surface area contributed by atoms with E-state index in [0.717, 1.165) is 35.2 Å². The number of hydrogen-bond donors (Lipinski definition) is 3. The fourth-order valence-electron chi connectivity index (χ4n) is 3.75. The number of anilines is 3. The minimum Gasteiger partial charge on any atom is -0.369 e. The Morgan fingerprint density at radius 2 is 1.90 bits per heavy atom. The van der Waals surface area contributed by atoms with Crippen molar-refractivity contribution in [3.05, 3.63) is 59.9 Å². The molecule has 2 amide bonds. The summed E-state index contributed by atoms with van der Waals surface area (Å²) in [7, 11) is 5.46. The Kier molecular flexibility index (Phi) is 12.1. The fraction of sp³-hybridized carbons (Fsp3) is 0.387. The van der Waals surface area contributed by atoms with Crippen LogP contribution in [0.2, 0.25) is 0 Å². The molecule has 0 radical (unpaired) electrons. The molecular weight excluding hydrogens is 516 g/mol. The minimum atomic E-state index is -0.201. The summed E-state index contributed by atoms with van der Waals surface area (Å²) >= 11 is 0. The third-order valence-corrected chi connectivity index (χ3v) is 5.93. The van der Waals surface area contributed by atoms with Crippen molar-refractivity contribution in [2.75, 3.05) is 58.0 Å². The standard InChI is InChI=1S/C31H40N8O2/c1-6-17-33-30-25(11-8-7-9-18-32-28(40)22-39(5)29(41)12-10-19-38(3)4)21-34-31(37-30)36-26-15-16-27-24(20-26)14-13-23(2)35-27/h10,12-16,20-21H,6-7,9,17-19,22H2,1-5H3,(H,32,40)(H2,33,34,36,37)/b12-10+. The molecule has 0 atom stereocenters. The minimum absolute atomic E-state index is 0.0107. The van der Waals surface area contributed by atoms with Crippen LogP contribution in [0.4, 0.5) is 17.5 Å². The van der Waals surface area contributed by atoms with Gasteiger partial charge in [0.25, 0.3) is 0 Å². The SMILES string of the molecule is CCCNc1nc(Nc2ccc3nc(C)ccc3c2)ncc1C#CCCCNC(=O)CN(C)C(=O)/C=C/CN(C)C. The Morgan fingerprint density at radius 1 is 1.07 bits per heavy atom. The third kappa shape index (κ3) is 10.5. The molecule has 2 aromatic heterocycles. The summed E-state index contributed by atoms with van der Waals surface area (Å²) in [5.74, 6) is 7.06. The number of benzene rings is 1. The molecule has 1 aromatic carbocycles. The highest BCUT2D eigenvalue weighted by Crippen LogP contribution is 2.21. The monoisotopic (exact) mass is 556 g/mol. The number of nitrogens with zero attached hydrogens (tertiary/aromatic N) is 5. The molecule has 0 aliphatic carbocycles. The Balaban J connectivity index is 1.51. The molecule has 10 heteroatoms. The number of amides is 2. The van der Waals surface area contributed by atoms with Gasteiger partial charge in [-0.2, -0.15) is 4.98 Å². The van der Waals surface area contributed by atoms with Crippen LogP contribution in [0.15, 0.2) is 48.7 Å². The van der Waals surface area contributed by atoms with E-state index in [1.54, 1.807) is 19.3 Å². The van der Waals surface area contributed by atoms with Crippen LogP contribution >= 0.6 is 0 Å². The number of aromatic nitrogens is 3. The Labute approximate surface area is 242 Å². The predicted molar refractivity (Wildman–Crippen MR) is 165 cm³/mol. The molecular formula is C31H40N8O2. The van der Waals surface area contributed by atoms with Gasteiger partial charge in [-0.1, -0.05) is 30.9 Å². The second-order valence-corrected chi connectivity index (χ2v) is 9.98. The molecule has 0 spiro atoms. The van der Waals surface area contributed by atoms with Gasteiger partial charge >= 0.3 is 0 Å². The number of likely N-dealkylation sites (N-methyl/N-ethyl adjacent to an activating group) is 2. The molecule has 10 nitrogen and oxygen atoms in total. The predicted octanol–water partition coefficient (Wildman–Crippen LogP) is 3.72. The first-order chi connectivity index (χ1) is 19.7. The lowest BCUT2D eigenvalue weighted by Gasteiger charge is -2.14. The molecule has 0 aliphatic heterocycles. The second-order valence-electron chi connectivity index (χ2n) is 9.98. The lowest BCUT2D eigenvalue weighted by atomic mass is 10.2. The Bertz CT molecular complexity index is 1420. The first-order valence-corrected chi connectivity index (χ1v) is 13.8. The molecule has 0 aliphatic rings. The van der Waals surface area contributed by atoms with Crippen LogP contribution in [0, 0.1) is 18.8 Å². The van der Waals surface area contributed by atoms with E-state index in [4.69, 9.17) is 0 Å². The zero-order valence-electron chi connectivity index (χ0n) is 24.6. The Morgan fingerprint density at radius 3 is 2.68 bits per heavy atom. The maximum Gasteiger partial charge on any atom is 0.246 e. The number of nitrogens with one attached hydrogen (secondary N) is 3. The van der Waals surface area contributed by atoms with Crippen LogP contribution in [-0.2, 0) is 9.59 Å². The Hall–Kier alpha value is -4.49. The average Bonchev–Trinajstić information content (AvgIpc) is 2.94. The molecule has 0 bridgehead atoms. The number of unbranched alkanes of at least 4 members (excludes halogenated alkanes) is 1. The maximum atomic E-state index is 12.2. The van der Waals surface area contributed by atoms with Gasteiger partial charge in [-0.05, 0) is 58.1 Å². The van der Waals surface area contributed by atoms with Gasteiger partial charge in [0, 0.05) is 55.9 Å². The summed E-state index contributed by atoms with van der Waals surface area (Å²) in [6.45, 7) is 5.99. The lowest BCUT2D eigenvalue weighted by Crippen LogP contribution is -2.38. The summed E-state index contributed by atoms with van der Waals surface area (Å²) in [6.07, 6.45) is 7.21. The molecule has 3 N–H and O–H groups in total. The van der Waals surface area contributed by atoms with Crippen molar-refractivity contribution < 1.29 is 9.59 Å². The van der Waals surface area contributed by atoms with Crippen molar-refractivity contribution in [2.45, 2.75) is 33.1 Å². The molecule has 216 valence electrons. The van der Waals surface area contributed by atoms with Gasteiger partial charge in [0.05, 0.1) is 23.8 Å². The van der Waals surface area contributed by atoms with Crippen LogP contribution in [0.1, 0.15) is 37.4 Å². The normalized spacial score (nSPS) is 10.9. The first-order valence-electron chi connectivity index (χ1n) is 13.8. The van der Waals surface area contributed by atoms with E-state index in [1.807, 2.05) is 56.3 Å². The number of aryl methyl sites for hydroxylation is 1. The third-order valence-electron chi connectivity index (χ3n) is 5.93. The summed E-state index contributed by atoms with van der Waals surface area (Å²) in [6, 6.07) is 10.0. The smallest absolute Gasteiger partial charge is 0.246 e. The molecule has 41 heavy (non-hydrogen) atoms. The highest BCUT2D eigenvalue weighted by molar-refractivity contribution is 5.91. The number of pyridine rings is 1. The molecule has 2 heterocycles. The van der Waals surface area contributed by atoms with Gasteiger partial charge in [-0.25, -0.2) is 4.98 Å². The molecule has 3 aromatic rings. The van der Waals surface area contributed by atoms with Gasteiger partial charge in [0.15, 0.2) is 0 Å². The van der Waals surface area contributed by atoms with Crippen LogP contribution in [0.25, 0.3) is 10.9 Å². The van der Waals surface area contributed by atoms with Crippen LogP contribution in [0.3, 0.4) is 0 Å². The molecule has 0 saturated heterocycles. The van der Waals surface area contributed by atoms with Gasteiger partial charge < -0.3 is 25.8 Å². The highest BCUT2D eigenvalue weighted by Gasteiger charge is 2.10. The lowest BCUT2D eigenvalue weighted by molar-refractivity contribution is -0.131. The van der Waals surface area contributed by atoms with Gasteiger partial charge in [0.2, 0.25) is 17.8 Å². The topological polar surface area (TPSA) is 115 Å². The van der Waals surface area contributed by atoms with E-state index in [1.165, 1.54) is 11.0 Å². The van der Waals surface area contributed by atoms with E-state index in [0.29, 0.717) is 43.3 Å². The van der Waals surface area contributed by atoms with Crippen molar-refractivity contribution in [3.8, 4) is 11.8 Å².